The fourth-order valence-corrected chi connectivity index (χ4v) is 3.94. The molecule has 0 radical (unpaired) electrons. The number of likely N-dealkylation sites (tertiary alicyclic amines) is 1. The van der Waals surface area contributed by atoms with Gasteiger partial charge in [-0.3, -0.25) is 9.78 Å². The number of fused-ring (bicyclic) bond motifs is 1. The van der Waals surface area contributed by atoms with Crippen LogP contribution in [0.3, 0.4) is 0 Å². The molecule has 1 unspecified atom stereocenters. The van der Waals surface area contributed by atoms with Gasteiger partial charge in [0.05, 0.1) is 17.2 Å². The maximum Gasteiger partial charge on any atom is 0.253 e. The van der Waals surface area contributed by atoms with E-state index in [0.29, 0.717) is 17.1 Å². The molecule has 0 bridgehead atoms. The quantitative estimate of drug-likeness (QED) is 0.634. The first-order valence-corrected chi connectivity index (χ1v) is 9.29. The number of benzene rings is 1. The Morgan fingerprint density at radius 1 is 1.30 bits per heavy atom. The molecule has 142 valence electrons. The van der Waals surface area contributed by atoms with Crippen LogP contribution in [0.15, 0.2) is 42.7 Å². The van der Waals surface area contributed by atoms with Crippen molar-refractivity contribution < 1.29 is 4.79 Å². The standard InChI is InChI=1S/C20H21ClN4O.ClH/c1-13(2)25-18-11-22-8-6-17(18)23-19(25)15-7-9-24(12-15)20(26)14-4-3-5-16(21)10-14;/h3-6,8,10-11,13,15H,7,9,12H2,1-2H3;1H. The number of imidazole rings is 1. The minimum absolute atomic E-state index is 0. The number of pyridine rings is 1. The fraction of sp³-hybridized carbons (Fsp3) is 0.350. The van der Waals surface area contributed by atoms with Crippen molar-refractivity contribution in [2.75, 3.05) is 13.1 Å². The maximum absolute atomic E-state index is 12.8. The smallest absolute Gasteiger partial charge is 0.253 e. The zero-order chi connectivity index (χ0) is 18.3. The minimum atomic E-state index is 0. The molecule has 2 aromatic heterocycles. The molecule has 0 aliphatic carbocycles. The van der Waals surface area contributed by atoms with E-state index in [-0.39, 0.29) is 30.3 Å². The Labute approximate surface area is 169 Å². The maximum atomic E-state index is 12.8. The average Bonchev–Trinajstić information content (AvgIpc) is 3.25. The first kappa shape index (κ1) is 19.6. The number of nitrogens with zero attached hydrogens (tertiary/aromatic N) is 4. The highest BCUT2D eigenvalue weighted by molar-refractivity contribution is 6.30. The Bertz CT molecular complexity index is 970. The average molecular weight is 405 g/mol. The van der Waals surface area contributed by atoms with Crippen LogP contribution >= 0.6 is 24.0 Å². The van der Waals surface area contributed by atoms with E-state index in [0.717, 1.165) is 29.8 Å². The van der Waals surface area contributed by atoms with E-state index in [4.69, 9.17) is 16.6 Å². The summed E-state index contributed by atoms with van der Waals surface area (Å²) in [6.07, 6.45) is 4.55. The molecule has 1 atom stereocenters. The van der Waals surface area contributed by atoms with Gasteiger partial charge in [0.2, 0.25) is 0 Å². The summed E-state index contributed by atoms with van der Waals surface area (Å²) in [6, 6.07) is 9.37. The second-order valence-corrected chi connectivity index (χ2v) is 7.48. The van der Waals surface area contributed by atoms with Crippen LogP contribution in [0.25, 0.3) is 11.0 Å². The van der Waals surface area contributed by atoms with Crippen molar-refractivity contribution in [3.63, 3.8) is 0 Å². The Morgan fingerprint density at radius 2 is 2.11 bits per heavy atom. The van der Waals surface area contributed by atoms with Crippen LogP contribution in [0.5, 0.6) is 0 Å². The van der Waals surface area contributed by atoms with Gasteiger partial charge in [-0.25, -0.2) is 4.98 Å². The predicted molar refractivity (Wildman–Crippen MR) is 110 cm³/mol. The lowest BCUT2D eigenvalue weighted by Gasteiger charge is -2.19. The second kappa shape index (κ2) is 7.87. The number of hydrogen-bond acceptors (Lipinski definition) is 3. The van der Waals surface area contributed by atoms with Gasteiger partial charge in [-0.1, -0.05) is 17.7 Å². The largest absolute Gasteiger partial charge is 0.338 e. The minimum Gasteiger partial charge on any atom is -0.338 e. The zero-order valence-electron chi connectivity index (χ0n) is 15.3. The lowest BCUT2D eigenvalue weighted by atomic mass is 10.1. The van der Waals surface area contributed by atoms with Gasteiger partial charge in [-0.2, -0.15) is 0 Å². The summed E-state index contributed by atoms with van der Waals surface area (Å²) in [4.78, 5) is 23.8. The summed E-state index contributed by atoms with van der Waals surface area (Å²) in [5, 5.41) is 0.584. The van der Waals surface area contributed by atoms with E-state index in [1.54, 1.807) is 18.3 Å². The Balaban J connectivity index is 0.00000210. The normalized spacial score (nSPS) is 16.7. The highest BCUT2D eigenvalue weighted by Gasteiger charge is 2.32. The Hall–Kier alpha value is -2.11. The molecule has 1 aliphatic heterocycles. The highest BCUT2D eigenvalue weighted by atomic mass is 35.5. The Morgan fingerprint density at radius 3 is 2.85 bits per heavy atom. The molecular formula is C20H22Cl2N4O. The third-order valence-corrected chi connectivity index (χ3v) is 5.18. The van der Waals surface area contributed by atoms with Crippen LogP contribution in [0.1, 0.15) is 48.4 Å². The molecule has 1 aliphatic rings. The summed E-state index contributed by atoms with van der Waals surface area (Å²) in [5.41, 5.74) is 2.65. The molecule has 5 nitrogen and oxygen atoms in total. The van der Waals surface area contributed by atoms with Gasteiger partial charge in [0.15, 0.2) is 0 Å². The van der Waals surface area contributed by atoms with Crippen LogP contribution in [-0.4, -0.2) is 38.4 Å². The highest BCUT2D eigenvalue weighted by Crippen LogP contribution is 2.32. The van der Waals surface area contributed by atoms with Crippen LogP contribution in [0, 0.1) is 0 Å². The SMILES string of the molecule is CC(C)n1c(C2CCN(C(=O)c3cccc(Cl)c3)C2)nc2ccncc21.Cl. The summed E-state index contributed by atoms with van der Waals surface area (Å²) in [6.45, 7) is 5.72. The van der Waals surface area contributed by atoms with Crippen molar-refractivity contribution in [2.45, 2.75) is 32.2 Å². The van der Waals surface area contributed by atoms with Gasteiger partial charge in [-0.05, 0) is 44.5 Å². The van der Waals surface area contributed by atoms with E-state index in [2.05, 4.69) is 23.4 Å². The predicted octanol–water partition coefficient (Wildman–Crippen LogP) is 4.72. The molecule has 3 aromatic rings. The zero-order valence-corrected chi connectivity index (χ0v) is 16.9. The number of rotatable bonds is 3. The molecule has 27 heavy (non-hydrogen) atoms. The van der Waals surface area contributed by atoms with E-state index >= 15 is 0 Å². The first-order chi connectivity index (χ1) is 12.5. The molecule has 7 heteroatoms. The van der Waals surface area contributed by atoms with Crippen molar-refractivity contribution >= 4 is 40.9 Å². The van der Waals surface area contributed by atoms with Crippen LogP contribution in [0.4, 0.5) is 0 Å². The van der Waals surface area contributed by atoms with Crippen molar-refractivity contribution in [2.24, 2.45) is 0 Å². The summed E-state index contributed by atoms with van der Waals surface area (Å²) < 4.78 is 2.25. The molecule has 4 rings (SSSR count). The molecule has 1 amide bonds. The lowest BCUT2D eigenvalue weighted by molar-refractivity contribution is 0.0790. The van der Waals surface area contributed by atoms with E-state index in [1.807, 2.05) is 29.3 Å². The van der Waals surface area contributed by atoms with Crippen molar-refractivity contribution in [3.8, 4) is 0 Å². The number of carbonyl (C=O) groups excluding carboxylic acids is 1. The van der Waals surface area contributed by atoms with Crippen molar-refractivity contribution in [1.29, 1.82) is 0 Å². The van der Waals surface area contributed by atoms with E-state index < -0.39 is 0 Å². The molecule has 1 fully saturated rings. The lowest BCUT2D eigenvalue weighted by Crippen LogP contribution is -2.28. The van der Waals surface area contributed by atoms with Gasteiger partial charge in [-0.15, -0.1) is 12.4 Å². The van der Waals surface area contributed by atoms with Crippen molar-refractivity contribution in [1.82, 2.24) is 19.4 Å². The molecule has 1 aromatic carbocycles. The van der Waals surface area contributed by atoms with Crippen molar-refractivity contribution in [3.05, 3.63) is 59.1 Å². The third kappa shape index (κ3) is 3.66. The topological polar surface area (TPSA) is 51.0 Å². The molecule has 0 N–H and O–H groups in total. The van der Waals surface area contributed by atoms with Gasteiger partial charge in [0, 0.05) is 41.8 Å². The number of aromatic nitrogens is 3. The number of carbonyl (C=O) groups is 1. The molecule has 3 heterocycles. The van der Waals surface area contributed by atoms with E-state index in [9.17, 15) is 4.79 Å². The van der Waals surface area contributed by atoms with E-state index in [1.165, 1.54) is 0 Å². The number of amides is 1. The van der Waals surface area contributed by atoms with Crippen LogP contribution < -0.4 is 0 Å². The molecule has 1 saturated heterocycles. The second-order valence-electron chi connectivity index (χ2n) is 7.05. The first-order valence-electron chi connectivity index (χ1n) is 8.91. The number of hydrogen-bond donors (Lipinski definition) is 0. The van der Waals surface area contributed by atoms with Crippen LogP contribution in [0.2, 0.25) is 5.02 Å². The molecule has 0 saturated carbocycles. The van der Waals surface area contributed by atoms with Gasteiger partial charge in [0.25, 0.3) is 5.91 Å². The van der Waals surface area contributed by atoms with Crippen LogP contribution in [-0.2, 0) is 0 Å². The van der Waals surface area contributed by atoms with Gasteiger partial charge in [0.1, 0.15) is 5.82 Å². The fourth-order valence-electron chi connectivity index (χ4n) is 3.75. The molecular weight excluding hydrogens is 383 g/mol. The number of halogens is 2. The van der Waals surface area contributed by atoms with Gasteiger partial charge >= 0.3 is 0 Å². The third-order valence-electron chi connectivity index (χ3n) is 4.95. The summed E-state index contributed by atoms with van der Waals surface area (Å²) >= 11 is 6.03. The summed E-state index contributed by atoms with van der Waals surface area (Å²) in [5.74, 6) is 1.31. The Kier molecular flexibility index (Phi) is 5.72. The summed E-state index contributed by atoms with van der Waals surface area (Å²) in [7, 11) is 0. The molecule has 0 spiro atoms. The van der Waals surface area contributed by atoms with Gasteiger partial charge < -0.3 is 9.47 Å². The monoisotopic (exact) mass is 404 g/mol.